The number of hydrogen-bond acceptors (Lipinski definition) is 2. The van der Waals surface area contributed by atoms with E-state index in [9.17, 15) is 0 Å². The lowest BCUT2D eigenvalue weighted by Gasteiger charge is -2.36. The largest absolute Gasteiger partial charge is 0.328 e. The van der Waals surface area contributed by atoms with E-state index in [4.69, 9.17) is 11.5 Å². The summed E-state index contributed by atoms with van der Waals surface area (Å²) >= 11 is 0. The first-order chi connectivity index (χ1) is 7.51. The molecule has 16 heavy (non-hydrogen) atoms. The van der Waals surface area contributed by atoms with Crippen LogP contribution in [0.15, 0.2) is 18.2 Å². The standard InChI is InChI=1S/C14H22N2/c1-10-3-4-12(9-11(10)2)14(16)7-5-13(15)6-8-14/h3-4,9,13H,5-8,15-16H2,1-2H3. The van der Waals surface area contributed by atoms with Gasteiger partial charge in [-0.15, -0.1) is 0 Å². The molecule has 0 bridgehead atoms. The molecule has 0 amide bonds. The molecule has 2 heteroatoms. The van der Waals surface area contributed by atoms with E-state index in [0.717, 1.165) is 25.7 Å². The van der Waals surface area contributed by atoms with Crippen LogP contribution in [0, 0.1) is 13.8 Å². The van der Waals surface area contributed by atoms with E-state index in [0.29, 0.717) is 6.04 Å². The van der Waals surface area contributed by atoms with Gasteiger partial charge in [0.05, 0.1) is 0 Å². The molecule has 1 aromatic carbocycles. The zero-order valence-corrected chi connectivity index (χ0v) is 10.3. The van der Waals surface area contributed by atoms with Crippen molar-refractivity contribution in [2.75, 3.05) is 0 Å². The third kappa shape index (κ3) is 2.13. The maximum Gasteiger partial charge on any atom is 0.0410 e. The molecule has 1 aliphatic carbocycles. The van der Waals surface area contributed by atoms with Crippen molar-refractivity contribution >= 4 is 0 Å². The summed E-state index contributed by atoms with van der Waals surface area (Å²) in [6.07, 6.45) is 4.11. The van der Waals surface area contributed by atoms with E-state index in [1.165, 1.54) is 16.7 Å². The Balaban J connectivity index is 2.25. The van der Waals surface area contributed by atoms with E-state index >= 15 is 0 Å². The predicted octanol–water partition coefficient (Wildman–Crippen LogP) is 2.36. The summed E-state index contributed by atoms with van der Waals surface area (Å²) < 4.78 is 0. The Bertz CT molecular complexity index is 376. The molecule has 1 saturated carbocycles. The van der Waals surface area contributed by atoms with Gasteiger partial charge in [-0.05, 0) is 56.2 Å². The van der Waals surface area contributed by atoms with Crippen molar-refractivity contribution in [1.82, 2.24) is 0 Å². The van der Waals surface area contributed by atoms with E-state index in [2.05, 4.69) is 32.0 Å². The summed E-state index contributed by atoms with van der Waals surface area (Å²) in [7, 11) is 0. The third-order valence-electron chi connectivity index (χ3n) is 4.00. The number of hydrogen-bond donors (Lipinski definition) is 2. The first kappa shape index (κ1) is 11.6. The van der Waals surface area contributed by atoms with Crippen molar-refractivity contribution in [2.24, 2.45) is 11.5 Å². The topological polar surface area (TPSA) is 52.0 Å². The number of benzene rings is 1. The van der Waals surface area contributed by atoms with Crippen LogP contribution >= 0.6 is 0 Å². The second kappa shape index (κ2) is 4.19. The summed E-state index contributed by atoms with van der Waals surface area (Å²) in [4.78, 5) is 0. The highest BCUT2D eigenvalue weighted by Gasteiger charge is 2.32. The van der Waals surface area contributed by atoms with Crippen LogP contribution in [-0.4, -0.2) is 6.04 Å². The van der Waals surface area contributed by atoms with Crippen LogP contribution in [0.4, 0.5) is 0 Å². The molecule has 88 valence electrons. The second-order valence-electron chi connectivity index (χ2n) is 5.29. The molecule has 1 aromatic rings. The van der Waals surface area contributed by atoms with Crippen LogP contribution in [0.25, 0.3) is 0 Å². The molecule has 1 aliphatic rings. The summed E-state index contributed by atoms with van der Waals surface area (Å²) in [6.45, 7) is 4.29. The molecule has 0 unspecified atom stereocenters. The average molecular weight is 218 g/mol. The van der Waals surface area contributed by atoms with Crippen molar-refractivity contribution in [3.8, 4) is 0 Å². The molecule has 4 N–H and O–H groups in total. The van der Waals surface area contributed by atoms with Crippen LogP contribution in [0.1, 0.15) is 42.4 Å². The monoisotopic (exact) mass is 218 g/mol. The molecule has 0 radical (unpaired) electrons. The molecule has 0 saturated heterocycles. The first-order valence-electron chi connectivity index (χ1n) is 6.13. The number of nitrogens with two attached hydrogens (primary N) is 2. The Labute approximate surface area is 98.0 Å². The highest BCUT2D eigenvalue weighted by Crippen LogP contribution is 2.34. The van der Waals surface area contributed by atoms with Crippen molar-refractivity contribution in [3.63, 3.8) is 0 Å². The summed E-state index contributed by atoms with van der Waals surface area (Å²) in [5.74, 6) is 0. The molecule has 0 spiro atoms. The Morgan fingerprint density at radius 1 is 1.12 bits per heavy atom. The Hall–Kier alpha value is -0.860. The molecule has 0 heterocycles. The fraction of sp³-hybridized carbons (Fsp3) is 0.571. The number of rotatable bonds is 1. The predicted molar refractivity (Wildman–Crippen MR) is 68.2 cm³/mol. The molecule has 1 fully saturated rings. The van der Waals surface area contributed by atoms with Gasteiger partial charge in [0.15, 0.2) is 0 Å². The van der Waals surface area contributed by atoms with Crippen LogP contribution in [0.3, 0.4) is 0 Å². The second-order valence-corrected chi connectivity index (χ2v) is 5.29. The van der Waals surface area contributed by atoms with Gasteiger partial charge in [0.1, 0.15) is 0 Å². The fourth-order valence-electron chi connectivity index (χ4n) is 2.50. The molecular formula is C14H22N2. The van der Waals surface area contributed by atoms with Crippen molar-refractivity contribution in [2.45, 2.75) is 51.1 Å². The van der Waals surface area contributed by atoms with E-state index < -0.39 is 0 Å². The average Bonchev–Trinajstić information content (AvgIpc) is 2.26. The van der Waals surface area contributed by atoms with Gasteiger partial charge in [-0.2, -0.15) is 0 Å². The maximum atomic E-state index is 6.51. The van der Waals surface area contributed by atoms with E-state index in [1.807, 2.05) is 0 Å². The zero-order valence-electron chi connectivity index (χ0n) is 10.3. The molecular weight excluding hydrogens is 196 g/mol. The van der Waals surface area contributed by atoms with E-state index in [1.54, 1.807) is 0 Å². The minimum absolute atomic E-state index is 0.145. The van der Waals surface area contributed by atoms with Gasteiger partial charge < -0.3 is 11.5 Å². The Morgan fingerprint density at radius 3 is 2.31 bits per heavy atom. The van der Waals surface area contributed by atoms with Gasteiger partial charge in [0.25, 0.3) is 0 Å². The maximum absolute atomic E-state index is 6.51. The lowest BCUT2D eigenvalue weighted by atomic mass is 9.75. The lowest BCUT2D eigenvalue weighted by Crippen LogP contribution is -2.43. The van der Waals surface area contributed by atoms with Crippen molar-refractivity contribution < 1.29 is 0 Å². The van der Waals surface area contributed by atoms with Crippen LogP contribution in [0.2, 0.25) is 0 Å². The van der Waals surface area contributed by atoms with Crippen LogP contribution < -0.4 is 11.5 Å². The SMILES string of the molecule is Cc1ccc(C2(N)CCC(N)CC2)cc1C. The Morgan fingerprint density at radius 2 is 1.75 bits per heavy atom. The van der Waals surface area contributed by atoms with Gasteiger partial charge in [0.2, 0.25) is 0 Å². The van der Waals surface area contributed by atoms with Crippen LogP contribution in [-0.2, 0) is 5.54 Å². The third-order valence-corrected chi connectivity index (χ3v) is 4.00. The molecule has 0 atom stereocenters. The van der Waals surface area contributed by atoms with Crippen molar-refractivity contribution in [1.29, 1.82) is 0 Å². The molecule has 2 nitrogen and oxygen atoms in total. The molecule has 0 aromatic heterocycles. The Kier molecular flexibility index (Phi) is 3.04. The summed E-state index contributed by atoms with van der Waals surface area (Å²) in [5.41, 5.74) is 16.2. The quantitative estimate of drug-likeness (QED) is 0.760. The normalized spacial score (nSPS) is 30.4. The van der Waals surface area contributed by atoms with Gasteiger partial charge in [-0.3, -0.25) is 0 Å². The van der Waals surface area contributed by atoms with Crippen LogP contribution in [0.5, 0.6) is 0 Å². The molecule has 2 rings (SSSR count). The van der Waals surface area contributed by atoms with Gasteiger partial charge in [-0.25, -0.2) is 0 Å². The van der Waals surface area contributed by atoms with Gasteiger partial charge in [-0.1, -0.05) is 18.2 Å². The minimum atomic E-state index is -0.145. The highest BCUT2D eigenvalue weighted by molar-refractivity contribution is 5.34. The summed E-state index contributed by atoms with van der Waals surface area (Å²) in [6, 6.07) is 6.95. The minimum Gasteiger partial charge on any atom is -0.328 e. The van der Waals surface area contributed by atoms with Crippen molar-refractivity contribution in [3.05, 3.63) is 34.9 Å². The fourth-order valence-corrected chi connectivity index (χ4v) is 2.50. The first-order valence-corrected chi connectivity index (χ1v) is 6.13. The smallest absolute Gasteiger partial charge is 0.0410 e. The summed E-state index contributed by atoms with van der Waals surface area (Å²) in [5, 5.41) is 0. The lowest BCUT2D eigenvalue weighted by molar-refractivity contribution is 0.277. The van der Waals surface area contributed by atoms with E-state index in [-0.39, 0.29) is 5.54 Å². The van der Waals surface area contributed by atoms with Gasteiger partial charge in [0, 0.05) is 11.6 Å². The number of aryl methyl sites for hydroxylation is 2. The van der Waals surface area contributed by atoms with Gasteiger partial charge >= 0.3 is 0 Å². The molecule has 0 aliphatic heterocycles. The highest BCUT2D eigenvalue weighted by atomic mass is 14.8. The zero-order chi connectivity index (χ0) is 11.8.